The lowest BCUT2D eigenvalue weighted by Crippen LogP contribution is -1.97. The number of aromatic nitrogens is 2. The van der Waals surface area contributed by atoms with Crippen molar-refractivity contribution < 1.29 is 9.53 Å². The van der Waals surface area contributed by atoms with E-state index in [0.29, 0.717) is 23.1 Å². The summed E-state index contributed by atoms with van der Waals surface area (Å²) in [5, 5.41) is 0.610. The minimum Gasteiger partial charge on any atom is -0.437 e. The van der Waals surface area contributed by atoms with Crippen LogP contribution >= 0.6 is 11.6 Å². The van der Waals surface area contributed by atoms with Gasteiger partial charge in [0, 0.05) is 24.8 Å². The number of nitrogens with zero attached hydrogens (tertiary/aromatic N) is 2. The Labute approximate surface area is 153 Å². The first-order chi connectivity index (χ1) is 12.0. The molecule has 0 aromatic carbocycles. The van der Waals surface area contributed by atoms with Crippen LogP contribution in [0.4, 0.5) is 0 Å². The maximum atomic E-state index is 11.1. The zero-order valence-electron chi connectivity index (χ0n) is 14.8. The largest absolute Gasteiger partial charge is 0.437 e. The Morgan fingerprint density at radius 3 is 2.72 bits per heavy atom. The number of allylic oxidation sites excluding steroid dienone is 1. The molecule has 2 aromatic heterocycles. The predicted octanol–water partition coefficient (Wildman–Crippen LogP) is 5.50. The monoisotopic (exact) mass is 358 g/mol. The molecule has 2 rings (SSSR count). The van der Waals surface area contributed by atoms with E-state index >= 15 is 0 Å². The summed E-state index contributed by atoms with van der Waals surface area (Å²) >= 11 is 6.21. The molecule has 0 spiro atoms. The van der Waals surface area contributed by atoms with Gasteiger partial charge in [0.15, 0.2) is 0 Å². The summed E-state index contributed by atoms with van der Waals surface area (Å²) in [4.78, 5) is 19.7. The summed E-state index contributed by atoms with van der Waals surface area (Å²) in [5.74, 6) is 1.45. The van der Waals surface area contributed by atoms with Crippen LogP contribution in [0.1, 0.15) is 44.9 Å². The molecule has 132 valence electrons. The highest BCUT2D eigenvalue weighted by Crippen LogP contribution is 2.25. The van der Waals surface area contributed by atoms with Gasteiger partial charge in [0.1, 0.15) is 11.5 Å². The number of aryl methyl sites for hydroxylation is 1. The maximum Gasteiger partial charge on any atom is 0.219 e. The molecule has 4 nitrogen and oxygen atoms in total. The molecule has 0 bridgehead atoms. The van der Waals surface area contributed by atoms with Crippen LogP contribution in [0.2, 0.25) is 5.02 Å². The normalized spacial score (nSPS) is 12.3. The third kappa shape index (κ3) is 6.31. The quantitative estimate of drug-likeness (QED) is 0.624. The first kappa shape index (κ1) is 19.1. The van der Waals surface area contributed by atoms with Gasteiger partial charge in [0.2, 0.25) is 5.88 Å². The van der Waals surface area contributed by atoms with E-state index in [4.69, 9.17) is 16.3 Å². The molecule has 0 aliphatic carbocycles. The van der Waals surface area contributed by atoms with Gasteiger partial charge in [-0.2, -0.15) is 0 Å². The van der Waals surface area contributed by atoms with Gasteiger partial charge in [0.05, 0.1) is 16.9 Å². The third-order valence-electron chi connectivity index (χ3n) is 3.59. The van der Waals surface area contributed by atoms with Crippen molar-refractivity contribution in [2.45, 2.75) is 40.0 Å². The van der Waals surface area contributed by atoms with Gasteiger partial charge in [-0.15, -0.1) is 0 Å². The molecule has 0 radical (unpaired) electrons. The zero-order chi connectivity index (χ0) is 18.2. The lowest BCUT2D eigenvalue weighted by atomic mass is 10.0. The molecule has 0 saturated heterocycles. The second kappa shape index (κ2) is 9.33. The SMILES string of the molecule is CCCc1ncc(Oc2ccc(/C=C/[C@H](C)CC(C)=O)cn2)cc1Cl. The second-order valence-corrected chi connectivity index (χ2v) is 6.53. The van der Waals surface area contributed by atoms with E-state index in [0.717, 1.165) is 24.1 Å². The van der Waals surface area contributed by atoms with E-state index < -0.39 is 0 Å². The van der Waals surface area contributed by atoms with E-state index in [2.05, 4.69) is 16.9 Å². The van der Waals surface area contributed by atoms with Crippen LogP contribution in [0.3, 0.4) is 0 Å². The Morgan fingerprint density at radius 2 is 2.12 bits per heavy atom. The van der Waals surface area contributed by atoms with Crippen molar-refractivity contribution >= 4 is 23.5 Å². The molecule has 25 heavy (non-hydrogen) atoms. The van der Waals surface area contributed by atoms with Crippen LogP contribution in [-0.2, 0) is 11.2 Å². The Hall–Kier alpha value is -2.20. The van der Waals surface area contributed by atoms with E-state index in [-0.39, 0.29) is 11.7 Å². The van der Waals surface area contributed by atoms with Crippen molar-refractivity contribution in [3.8, 4) is 11.6 Å². The second-order valence-electron chi connectivity index (χ2n) is 6.12. The fourth-order valence-corrected chi connectivity index (χ4v) is 2.64. The minimum atomic E-state index is 0.191. The average Bonchev–Trinajstić information content (AvgIpc) is 2.56. The van der Waals surface area contributed by atoms with Crippen LogP contribution in [0.15, 0.2) is 36.7 Å². The van der Waals surface area contributed by atoms with Crippen molar-refractivity contribution in [3.63, 3.8) is 0 Å². The van der Waals surface area contributed by atoms with Gasteiger partial charge in [-0.3, -0.25) is 4.98 Å². The van der Waals surface area contributed by atoms with Crippen molar-refractivity contribution in [3.05, 3.63) is 52.9 Å². The standard InChI is InChI=1S/C20H23ClN2O2/c1-4-5-19-18(21)11-17(13-22-19)25-20-9-8-16(12-23-20)7-6-14(2)10-15(3)24/h6-9,11-14H,4-5,10H2,1-3H3/b7-6+/t14-/m0/s1. The van der Waals surface area contributed by atoms with Gasteiger partial charge < -0.3 is 9.53 Å². The molecule has 2 aromatic rings. The topological polar surface area (TPSA) is 52.1 Å². The molecule has 1 atom stereocenters. The maximum absolute atomic E-state index is 11.1. The number of pyridine rings is 2. The van der Waals surface area contributed by atoms with E-state index in [1.165, 1.54) is 0 Å². The fourth-order valence-electron chi connectivity index (χ4n) is 2.39. The summed E-state index contributed by atoms with van der Waals surface area (Å²) in [6.45, 7) is 5.71. The summed E-state index contributed by atoms with van der Waals surface area (Å²) in [7, 11) is 0. The van der Waals surface area contributed by atoms with Crippen LogP contribution in [0.5, 0.6) is 11.6 Å². The first-order valence-corrected chi connectivity index (χ1v) is 8.81. The number of halogens is 1. The summed E-state index contributed by atoms with van der Waals surface area (Å²) < 4.78 is 5.70. The minimum absolute atomic E-state index is 0.191. The molecule has 5 heteroatoms. The molecular weight excluding hydrogens is 336 g/mol. The molecule has 0 N–H and O–H groups in total. The summed E-state index contributed by atoms with van der Waals surface area (Å²) in [6.07, 6.45) is 9.75. The average molecular weight is 359 g/mol. The van der Waals surface area contributed by atoms with Gasteiger partial charge >= 0.3 is 0 Å². The van der Waals surface area contributed by atoms with E-state index in [1.807, 2.05) is 25.1 Å². The molecule has 2 heterocycles. The van der Waals surface area contributed by atoms with Crippen LogP contribution in [0.25, 0.3) is 6.08 Å². The smallest absolute Gasteiger partial charge is 0.219 e. The van der Waals surface area contributed by atoms with Gasteiger partial charge in [0.25, 0.3) is 0 Å². The number of hydrogen-bond acceptors (Lipinski definition) is 4. The van der Waals surface area contributed by atoms with Crippen molar-refractivity contribution in [2.24, 2.45) is 5.92 Å². The predicted molar refractivity (Wildman–Crippen MR) is 101 cm³/mol. The molecule has 0 aliphatic rings. The first-order valence-electron chi connectivity index (χ1n) is 8.44. The van der Waals surface area contributed by atoms with E-state index in [9.17, 15) is 4.79 Å². The van der Waals surface area contributed by atoms with Gasteiger partial charge in [-0.05, 0) is 30.9 Å². The number of ketones is 1. The van der Waals surface area contributed by atoms with Gasteiger partial charge in [-0.25, -0.2) is 4.98 Å². The Morgan fingerprint density at radius 1 is 1.32 bits per heavy atom. The van der Waals surface area contributed by atoms with Gasteiger partial charge in [-0.1, -0.05) is 44.0 Å². The lowest BCUT2D eigenvalue weighted by Gasteiger charge is -2.07. The lowest BCUT2D eigenvalue weighted by molar-refractivity contribution is -0.117. The number of ether oxygens (including phenoxy) is 1. The number of carbonyl (C=O) groups excluding carboxylic acids is 1. The molecular formula is C20H23ClN2O2. The molecule has 0 amide bonds. The van der Waals surface area contributed by atoms with E-state index in [1.54, 1.807) is 31.5 Å². The van der Waals surface area contributed by atoms with Crippen LogP contribution in [-0.4, -0.2) is 15.8 Å². The molecule has 0 saturated carbocycles. The molecule has 0 unspecified atom stereocenters. The van der Waals surface area contributed by atoms with Crippen molar-refractivity contribution in [2.75, 3.05) is 0 Å². The highest BCUT2D eigenvalue weighted by molar-refractivity contribution is 6.31. The molecule has 0 fully saturated rings. The van der Waals surface area contributed by atoms with Crippen LogP contribution < -0.4 is 4.74 Å². The summed E-state index contributed by atoms with van der Waals surface area (Å²) in [5.41, 5.74) is 1.84. The number of carbonyl (C=O) groups is 1. The highest BCUT2D eigenvalue weighted by Gasteiger charge is 2.06. The zero-order valence-corrected chi connectivity index (χ0v) is 15.6. The van der Waals surface area contributed by atoms with Crippen molar-refractivity contribution in [1.29, 1.82) is 0 Å². The van der Waals surface area contributed by atoms with Crippen LogP contribution in [0, 0.1) is 5.92 Å². The number of Topliss-reactive ketones (excluding diaryl/α,β-unsaturated/α-hetero) is 1. The Balaban J connectivity index is 1.99. The Kier molecular flexibility index (Phi) is 7.14. The fraction of sp³-hybridized carbons (Fsp3) is 0.350. The number of rotatable bonds is 8. The third-order valence-corrected chi connectivity index (χ3v) is 3.91. The van der Waals surface area contributed by atoms with Crippen molar-refractivity contribution in [1.82, 2.24) is 9.97 Å². The number of hydrogen-bond donors (Lipinski definition) is 0. The summed E-state index contributed by atoms with van der Waals surface area (Å²) in [6, 6.07) is 5.47. The molecule has 0 aliphatic heterocycles. The highest BCUT2D eigenvalue weighted by atomic mass is 35.5. The Bertz CT molecular complexity index is 742.